The van der Waals surface area contributed by atoms with Gasteiger partial charge in [0.1, 0.15) is 0 Å². The number of benzene rings is 1. The molecule has 1 saturated carbocycles. The molecule has 1 aliphatic carbocycles. The van der Waals surface area contributed by atoms with Crippen molar-refractivity contribution < 1.29 is 4.21 Å². The van der Waals surface area contributed by atoms with Crippen molar-refractivity contribution in [3.63, 3.8) is 0 Å². The van der Waals surface area contributed by atoms with Crippen molar-refractivity contribution in [1.82, 2.24) is 5.32 Å². The molecule has 1 aromatic carbocycles. The van der Waals surface area contributed by atoms with Gasteiger partial charge < -0.3 is 5.32 Å². The van der Waals surface area contributed by atoms with Gasteiger partial charge in [-0.3, -0.25) is 4.21 Å². The summed E-state index contributed by atoms with van der Waals surface area (Å²) in [5, 5.41) is 3.95. The fraction of sp³-hybridized carbons (Fsp3) is 0.647. The van der Waals surface area contributed by atoms with Gasteiger partial charge in [-0.25, -0.2) is 0 Å². The van der Waals surface area contributed by atoms with Crippen molar-refractivity contribution in [3.8, 4) is 0 Å². The molecule has 3 heteroatoms. The van der Waals surface area contributed by atoms with Gasteiger partial charge in [0, 0.05) is 28.3 Å². The highest BCUT2D eigenvalue weighted by molar-refractivity contribution is 7.84. The molecule has 1 N–H and O–H groups in total. The lowest BCUT2D eigenvalue weighted by molar-refractivity contribution is 0.0692. The van der Waals surface area contributed by atoms with Crippen LogP contribution < -0.4 is 5.32 Å². The lowest BCUT2D eigenvalue weighted by atomic mass is 9.56. The molecule has 1 fully saturated rings. The Balaban J connectivity index is 1.84. The van der Waals surface area contributed by atoms with Crippen LogP contribution in [0.2, 0.25) is 0 Å². The number of hydrogen-bond donors (Lipinski definition) is 1. The summed E-state index contributed by atoms with van der Waals surface area (Å²) in [6.07, 6.45) is 4.00. The molecule has 112 valence electrons. The summed E-state index contributed by atoms with van der Waals surface area (Å²) in [7, 11) is -0.705. The van der Waals surface area contributed by atoms with E-state index in [1.54, 1.807) is 6.26 Å². The van der Waals surface area contributed by atoms with Crippen LogP contribution in [0.15, 0.2) is 30.3 Å². The van der Waals surface area contributed by atoms with Gasteiger partial charge in [0.05, 0.1) is 0 Å². The van der Waals surface area contributed by atoms with Crippen LogP contribution >= 0.6 is 0 Å². The highest BCUT2D eigenvalue weighted by Gasteiger charge is 2.48. The number of rotatable bonds is 6. The van der Waals surface area contributed by atoms with Gasteiger partial charge in [0.2, 0.25) is 0 Å². The Bertz CT molecular complexity index is 457. The molecule has 0 spiro atoms. The van der Waals surface area contributed by atoms with Crippen LogP contribution in [-0.4, -0.2) is 28.3 Å². The first-order valence-electron chi connectivity index (χ1n) is 7.53. The summed E-state index contributed by atoms with van der Waals surface area (Å²) in [6, 6.07) is 11.4. The summed E-state index contributed by atoms with van der Waals surface area (Å²) >= 11 is 0. The maximum atomic E-state index is 11.4. The molecule has 1 aromatic rings. The predicted octanol–water partition coefficient (Wildman–Crippen LogP) is 3.32. The zero-order valence-corrected chi connectivity index (χ0v) is 13.9. The highest BCUT2D eigenvalue weighted by atomic mass is 32.2. The maximum absolute atomic E-state index is 11.4. The Hall–Kier alpha value is -0.670. The molecule has 0 unspecified atom stereocenters. The Morgan fingerprint density at radius 1 is 1.35 bits per heavy atom. The third kappa shape index (κ3) is 3.32. The van der Waals surface area contributed by atoms with E-state index in [9.17, 15) is 4.21 Å². The zero-order chi connectivity index (χ0) is 14.8. The monoisotopic (exact) mass is 293 g/mol. The third-order valence-electron chi connectivity index (χ3n) is 4.98. The van der Waals surface area contributed by atoms with E-state index < -0.39 is 10.8 Å². The van der Waals surface area contributed by atoms with Gasteiger partial charge >= 0.3 is 0 Å². The van der Waals surface area contributed by atoms with Gasteiger partial charge in [0.15, 0.2) is 0 Å². The first-order valence-corrected chi connectivity index (χ1v) is 9.15. The summed E-state index contributed by atoms with van der Waals surface area (Å²) in [6.45, 7) is 7.74. The molecule has 0 heterocycles. The van der Waals surface area contributed by atoms with Gasteiger partial charge in [-0.1, -0.05) is 51.1 Å². The molecule has 2 rings (SSSR count). The minimum Gasteiger partial charge on any atom is -0.313 e. The Kier molecular flexibility index (Phi) is 5.03. The molecule has 0 aliphatic heterocycles. The highest BCUT2D eigenvalue weighted by Crippen LogP contribution is 2.52. The fourth-order valence-corrected chi connectivity index (χ4v) is 3.60. The van der Waals surface area contributed by atoms with Crippen LogP contribution in [0.1, 0.15) is 45.1 Å². The Labute approximate surface area is 125 Å². The first-order chi connectivity index (χ1) is 9.43. The van der Waals surface area contributed by atoms with E-state index in [0.717, 1.165) is 13.0 Å². The smallest absolute Gasteiger partial charge is 0.0329 e. The van der Waals surface area contributed by atoms with E-state index in [2.05, 4.69) is 56.4 Å². The molecule has 0 bridgehead atoms. The second-order valence-corrected chi connectivity index (χ2v) is 8.43. The van der Waals surface area contributed by atoms with Crippen molar-refractivity contribution in [1.29, 1.82) is 0 Å². The standard InChI is InChI=1S/C17H27NOS/c1-13(20(4)19)10-11-18-16-12-15(17(16,2)3)14-8-6-5-7-9-14/h5-9,13,15-16,18H,10-12H2,1-4H3/t13-,15+,16-,20+/m1/s1. The second-order valence-electron chi connectivity index (χ2n) is 6.62. The average Bonchev–Trinajstić information content (AvgIpc) is 2.42. The van der Waals surface area contributed by atoms with Gasteiger partial charge in [-0.15, -0.1) is 0 Å². The number of hydrogen-bond acceptors (Lipinski definition) is 2. The third-order valence-corrected chi connectivity index (χ3v) is 6.35. The Morgan fingerprint density at radius 2 is 2.00 bits per heavy atom. The van der Waals surface area contributed by atoms with Crippen molar-refractivity contribution in [2.45, 2.75) is 50.8 Å². The lowest BCUT2D eigenvalue weighted by Gasteiger charge is -2.53. The Morgan fingerprint density at radius 3 is 2.55 bits per heavy atom. The predicted molar refractivity (Wildman–Crippen MR) is 87.5 cm³/mol. The van der Waals surface area contributed by atoms with Crippen LogP contribution in [0.4, 0.5) is 0 Å². The van der Waals surface area contributed by atoms with E-state index in [1.807, 2.05) is 0 Å². The minimum atomic E-state index is -0.705. The summed E-state index contributed by atoms with van der Waals surface area (Å²) in [4.78, 5) is 0. The van der Waals surface area contributed by atoms with Crippen LogP contribution in [0.3, 0.4) is 0 Å². The zero-order valence-electron chi connectivity index (χ0n) is 13.1. The molecule has 2 nitrogen and oxygen atoms in total. The normalized spacial score (nSPS) is 27.6. The maximum Gasteiger partial charge on any atom is 0.0329 e. The van der Waals surface area contributed by atoms with Gasteiger partial charge in [-0.2, -0.15) is 0 Å². The molecule has 20 heavy (non-hydrogen) atoms. The van der Waals surface area contributed by atoms with Crippen LogP contribution in [0.25, 0.3) is 0 Å². The van der Waals surface area contributed by atoms with Crippen LogP contribution in [0.5, 0.6) is 0 Å². The van der Waals surface area contributed by atoms with Crippen molar-refractivity contribution in [3.05, 3.63) is 35.9 Å². The summed E-state index contributed by atoms with van der Waals surface area (Å²) in [5.41, 5.74) is 1.76. The molecule has 4 atom stereocenters. The quantitative estimate of drug-likeness (QED) is 0.872. The number of nitrogens with one attached hydrogen (secondary N) is 1. The van der Waals surface area contributed by atoms with Crippen molar-refractivity contribution in [2.75, 3.05) is 12.8 Å². The van der Waals surface area contributed by atoms with E-state index in [-0.39, 0.29) is 5.25 Å². The minimum absolute atomic E-state index is 0.288. The van der Waals surface area contributed by atoms with E-state index in [4.69, 9.17) is 0 Å². The summed E-state index contributed by atoms with van der Waals surface area (Å²) < 4.78 is 11.4. The fourth-order valence-electron chi connectivity index (χ4n) is 3.15. The van der Waals surface area contributed by atoms with E-state index in [0.29, 0.717) is 17.4 Å². The van der Waals surface area contributed by atoms with Crippen LogP contribution in [-0.2, 0) is 10.8 Å². The summed E-state index contributed by atoms with van der Waals surface area (Å²) in [5.74, 6) is 0.652. The molecule has 0 radical (unpaired) electrons. The lowest BCUT2D eigenvalue weighted by Crippen LogP contribution is -2.55. The molecular formula is C17H27NOS. The van der Waals surface area contributed by atoms with Gasteiger partial charge in [0.25, 0.3) is 0 Å². The average molecular weight is 293 g/mol. The SMILES string of the molecule is C[C@H](CCN[C@@H]1C[C@@H](c2ccccc2)C1(C)C)[S@](C)=O. The molecule has 0 amide bonds. The largest absolute Gasteiger partial charge is 0.313 e. The van der Waals surface area contributed by atoms with Crippen molar-refractivity contribution in [2.24, 2.45) is 5.41 Å². The molecule has 1 aliphatic rings. The van der Waals surface area contributed by atoms with E-state index >= 15 is 0 Å². The molecular weight excluding hydrogens is 266 g/mol. The van der Waals surface area contributed by atoms with Crippen molar-refractivity contribution >= 4 is 10.8 Å². The molecule has 0 saturated heterocycles. The van der Waals surface area contributed by atoms with E-state index in [1.165, 1.54) is 12.0 Å². The second kappa shape index (κ2) is 6.40. The first kappa shape index (κ1) is 15.7. The van der Waals surface area contributed by atoms with Gasteiger partial charge in [-0.05, 0) is 36.3 Å². The van der Waals surface area contributed by atoms with Crippen LogP contribution in [0, 0.1) is 5.41 Å². The topological polar surface area (TPSA) is 29.1 Å². The molecule has 0 aromatic heterocycles.